The molecule has 1 heterocycles. The molecule has 0 saturated carbocycles. The van der Waals surface area contributed by atoms with E-state index in [9.17, 15) is 14.0 Å². The Morgan fingerprint density at radius 1 is 1.52 bits per heavy atom. The van der Waals surface area contributed by atoms with Crippen molar-refractivity contribution in [3.05, 3.63) is 34.1 Å². The Hall–Kier alpha value is -1.51. The van der Waals surface area contributed by atoms with E-state index in [-0.39, 0.29) is 24.1 Å². The lowest BCUT2D eigenvalue weighted by atomic mass is 10.1. The molecule has 1 aliphatic heterocycles. The quantitative estimate of drug-likeness (QED) is 0.826. The normalized spacial score (nSPS) is 18.3. The number of carboxylic acids is 1. The van der Waals surface area contributed by atoms with E-state index < -0.39 is 11.8 Å². The molecular weight excluding hydrogens is 371 g/mol. The number of hydrogen-bond acceptors (Lipinski definition) is 4. The summed E-state index contributed by atoms with van der Waals surface area (Å²) in [4.78, 5) is 26.4. The second-order valence-electron chi connectivity index (χ2n) is 5.46. The second-order valence-corrected chi connectivity index (χ2v) is 6.32. The van der Waals surface area contributed by atoms with Crippen LogP contribution in [0.5, 0.6) is 0 Å². The summed E-state index contributed by atoms with van der Waals surface area (Å²) < 4.78 is 19.5. The Kier molecular flexibility index (Phi) is 6.09. The van der Waals surface area contributed by atoms with Crippen molar-refractivity contribution in [1.29, 1.82) is 0 Å². The highest BCUT2D eigenvalue weighted by Gasteiger charge is 2.26. The molecule has 0 unspecified atom stereocenters. The summed E-state index contributed by atoms with van der Waals surface area (Å²) in [7, 11) is 1.68. The van der Waals surface area contributed by atoms with Gasteiger partial charge in [0.15, 0.2) is 0 Å². The van der Waals surface area contributed by atoms with Gasteiger partial charge < -0.3 is 14.7 Å². The first kappa shape index (κ1) is 17.8. The molecule has 1 aliphatic rings. The van der Waals surface area contributed by atoms with Crippen molar-refractivity contribution in [1.82, 2.24) is 9.80 Å². The first-order valence-corrected chi connectivity index (χ1v) is 7.92. The molecule has 0 bridgehead atoms. The van der Waals surface area contributed by atoms with Gasteiger partial charge >= 0.3 is 5.97 Å². The van der Waals surface area contributed by atoms with E-state index in [0.717, 1.165) is 0 Å². The molecule has 1 aromatic carbocycles. The maximum Gasteiger partial charge on any atom is 0.317 e. The monoisotopic (exact) mass is 388 g/mol. The van der Waals surface area contributed by atoms with Gasteiger partial charge in [0.05, 0.1) is 23.7 Å². The van der Waals surface area contributed by atoms with E-state index in [4.69, 9.17) is 9.84 Å². The minimum absolute atomic E-state index is 0.0915. The lowest BCUT2D eigenvalue weighted by molar-refractivity contribution is -0.138. The number of rotatable bonds is 5. The van der Waals surface area contributed by atoms with Crippen LogP contribution in [0.1, 0.15) is 10.4 Å². The largest absolute Gasteiger partial charge is 0.480 e. The Bertz CT molecular complexity index is 599. The maximum absolute atomic E-state index is 13.6. The maximum atomic E-state index is 13.6. The molecule has 2 rings (SSSR count). The molecule has 6 nitrogen and oxygen atoms in total. The minimum Gasteiger partial charge on any atom is -0.480 e. The fourth-order valence-corrected chi connectivity index (χ4v) is 2.72. The van der Waals surface area contributed by atoms with Crippen molar-refractivity contribution in [2.24, 2.45) is 0 Å². The van der Waals surface area contributed by atoms with Gasteiger partial charge in [-0.05, 0) is 41.2 Å². The van der Waals surface area contributed by atoms with Gasteiger partial charge in [-0.1, -0.05) is 0 Å². The number of carboxylic acid groups (broad SMARTS) is 1. The fourth-order valence-electron chi connectivity index (χ4n) is 2.47. The van der Waals surface area contributed by atoms with Crippen molar-refractivity contribution in [2.45, 2.75) is 6.10 Å². The van der Waals surface area contributed by atoms with Crippen LogP contribution in [0.2, 0.25) is 0 Å². The van der Waals surface area contributed by atoms with Gasteiger partial charge in [0.1, 0.15) is 5.82 Å². The van der Waals surface area contributed by atoms with Crippen LogP contribution in [0.3, 0.4) is 0 Å². The van der Waals surface area contributed by atoms with Crippen molar-refractivity contribution in [3.8, 4) is 0 Å². The third kappa shape index (κ3) is 4.98. The van der Waals surface area contributed by atoms with Crippen LogP contribution in [-0.2, 0) is 9.53 Å². The molecule has 0 spiro atoms. The summed E-state index contributed by atoms with van der Waals surface area (Å²) >= 11 is 3.06. The molecule has 8 heteroatoms. The molecule has 1 aromatic rings. The number of nitrogens with zero attached hydrogens (tertiary/aromatic N) is 2. The van der Waals surface area contributed by atoms with Gasteiger partial charge in [0.25, 0.3) is 5.91 Å². The number of benzene rings is 1. The molecule has 1 atom stereocenters. The van der Waals surface area contributed by atoms with Crippen LogP contribution in [-0.4, -0.2) is 72.7 Å². The van der Waals surface area contributed by atoms with E-state index >= 15 is 0 Å². The van der Waals surface area contributed by atoms with Gasteiger partial charge in [-0.15, -0.1) is 0 Å². The molecule has 1 saturated heterocycles. The Morgan fingerprint density at radius 3 is 2.91 bits per heavy atom. The number of hydrogen-bond donors (Lipinski definition) is 1. The summed E-state index contributed by atoms with van der Waals surface area (Å²) in [5.41, 5.74) is 0.283. The van der Waals surface area contributed by atoms with Crippen LogP contribution in [0.25, 0.3) is 0 Å². The van der Waals surface area contributed by atoms with Gasteiger partial charge in [-0.2, -0.15) is 0 Å². The SMILES string of the molecule is CN(CC(=O)O)C[C@H]1CN(C(=O)c2ccc(Br)c(F)c2)CCO1. The van der Waals surface area contributed by atoms with Crippen LogP contribution in [0, 0.1) is 5.82 Å². The summed E-state index contributed by atoms with van der Waals surface area (Å²) in [6.45, 7) is 1.46. The summed E-state index contributed by atoms with van der Waals surface area (Å²) in [6, 6.07) is 4.27. The van der Waals surface area contributed by atoms with Crippen LogP contribution in [0.4, 0.5) is 4.39 Å². The van der Waals surface area contributed by atoms with E-state index in [1.165, 1.54) is 12.1 Å². The highest BCUT2D eigenvalue weighted by Crippen LogP contribution is 2.18. The molecule has 0 aromatic heterocycles. The van der Waals surface area contributed by atoms with Gasteiger partial charge in [-0.25, -0.2) is 4.39 Å². The number of aliphatic carboxylic acids is 1. The van der Waals surface area contributed by atoms with E-state index in [2.05, 4.69) is 15.9 Å². The van der Waals surface area contributed by atoms with Crippen LogP contribution in [0.15, 0.2) is 22.7 Å². The zero-order valence-electron chi connectivity index (χ0n) is 12.7. The number of halogens is 2. The standard InChI is InChI=1S/C15H18BrFN2O4/c1-18(9-14(20)21)7-11-8-19(4-5-23-11)15(22)10-2-3-12(16)13(17)6-10/h2-3,6,11H,4-5,7-9H2,1H3,(H,20,21)/t11-/m0/s1. The van der Waals surface area contributed by atoms with Gasteiger partial charge in [-0.3, -0.25) is 14.5 Å². The smallest absolute Gasteiger partial charge is 0.317 e. The highest BCUT2D eigenvalue weighted by molar-refractivity contribution is 9.10. The van der Waals surface area contributed by atoms with Gasteiger partial charge in [0, 0.05) is 25.2 Å². The van der Waals surface area contributed by atoms with Crippen molar-refractivity contribution >= 4 is 27.8 Å². The average Bonchev–Trinajstić information content (AvgIpc) is 2.48. The minimum atomic E-state index is -0.915. The topological polar surface area (TPSA) is 70.1 Å². The van der Waals surface area contributed by atoms with Crippen molar-refractivity contribution in [2.75, 3.05) is 39.8 Å². The molecule has 0 aliphatic carbocycles. The number of amides is 1. The summed E-state index contributed by atoms with van der Waals surface area (Å²) in [5, 5.41) is 8.76. The zero-order chi connectivity index (χ0) is 17.0. The third-order valence-electron chi connectivity index (χ3n) is 3.51. The predicted molar refractivity (Wildman–Crippen MR) is 84.9 cm³/mol. The number of ether oxygens (including phenoxy) is 1. The molecule has 1 amide bonds. The lowest BCUT2D eigenvalue weighted by Gasteiger charge is -2.34. The Morgan fingerprint density at radius 2 is 2.26 bits per heavy atom. The number of likely N-dealkylation sites (N-methyl/N-ethyl adjacent to an activating group) is 1. The second kappa shape index (κ2) is 7.85. The highest BCUT2D eigenvalue weighted by atomic mass is 79.9. The fraction of sp³-hybridized carbons (Fsp3) is 0.467. The van der Waals surface area contributed by atoms with Crippen molar-refractivity contribution in [3.63, 3.8) is 0 Å². The third-order valence-corrected chi connectivity index (χ3v) is 4.16. The molecule has 126 valence electrons. The molecule has 1 N–H and O–H groups in total. The first-order valence-electron chi connectivity index (χ1n) is 7.13. The number of morpholine rings is 1. The van der Waals surface area contributed by atoms with Crippen molar-refractivity contribution < 1.29 is 23.8 Å². The first-order chi connectivity index (χ1) is 10.9. The molecule has 1 fully saturated rings. The molecule has 0 radical (unpaired) electrons. The van der Waals surface area contributed by atoms with E-state index in [0.29, 0.717) is 30.7 Å². The number of carbonyl (C=O) groups excluding carboxylic acids is 1. The Labute approximate surface area is 141 Å². The lowest BCUT2D eigenvalue weighted by Crippen LogP contribution is -2.49. The van der Waals surface area contributed by atoms with E-state index in [1.54, 1.807) is 22.9 Å². The predicted octanol–water partition coefficient (Wildman–Crippen LogP) is 1.45. The van der Waals surface area contributed by atoms with Crippen LogP contribution < -0.4 is 0 Å². The van der Waals surface area contributed by atoms with Gasteiger partial charge in [0.2, 0.25) is 0 Å². The summed E-state index contributed by atoms with van der Waals surface area (Å²) in [5.74, 6) is -1.66. The number of carbonyl (C=O) groups is 2. The molecule has 23 heavy (non-hydrogen) atoms. The van der Waals surface area contributed by atoms with Crippen LogP contribution >= 0.6 is 15.9 Å². The zero-order valence-corrected chi connectivity index (χ0v) is 14.3. The van der Waals surface area contributed by atoms with E-state index in [1.807, 2.05) is 0 Å². The Balaban J connectivity index is 1.98. The summed E-state index contributed by atoms with van der Waals surface area (Å²) in [6.07, 6.45) is -0.266. The molecular formula is C15H18BrFN2O4. The average molecular weight is 389 g/mol.